The molecule has 0 bridgehead atoms. The van der Waals surface area contributed by atoms with Crippen LogP contribution >= 0.6 is 0 Å². The zero-order valence-corrected chi connectivity index (χ0v) is 16.7. The molecule has 1 fully saturated rings. The van der Waals surface area contributed by atoms with Gasteiger partial charge >= 0.3 is 0 Å². The Balaban J connectivity index is 1.30. The topological polar surface area (TPSA) is 88.3 Å². The molecule has 3 aromatic rings. The second-order valence-corrected chi connectivity index (χ2v) is 7.42. The Morgan fingerprint density at radius 2 is 2.03 bits per heavy atom. The third-order valence-electron chi connectivity index (χ3n) is 5.31. The number of furan rings is 1. The number of carbonyl (C=O) groups is 2. The van der Waals surface area contributed by atoms with E-state index in [4.69, 9.17) is 4.42 Å². The van der Waals surface area contributed by atoms with Crippen molar-refractivity contribution in [1.82, 2.24) is 14.9 Å². The summed E-state index contributed by atoms with van der Waals surface area (Å²) in [7, 11) is 0. The smallest absolute Gasteiger partial charge is 0.229 e. The minimum atomic E-state index is -0.205. The van der Waals surface area contributed by atoms with Crippen LogP contribution in [0.1, 0.15) is 25.0 Å². The van der Waals surface area contributed by atoms with Crippen LogP contribution in [0.15, 0.2) is 65.7 Å². The number of anilines is 1. The fourth-order valence-electron chi connectivity index (χ4n) is 3.67. The number of hydrogen-bond donors (Lipinski definition) is 1. The summed E-state index contributed by atoms with van der Waals surface area (Å²) in [5, 5.41) is 2.98. The number of carbonyl (C=O) groups excluding carboxylic acids is 2. The van der Waals surface area contributed by atoms with Crippen LogP contribution in [0.3, 0.4) is 0 Å². The molecule has 154 valence electrons. The van der Waals surface area contributed by atoms with Crippen molar-refractivity contribution in [3.8, 4) is 11.3 Å². The van der Waals surface area contributed by atoms with Gasteiger partial charge < -0.3 is 14.6 Å². The highest BCUT2D eigenvalue weighted by molar-refractivity contribution is 5.93. The summed E-state index contributed by atoms with van der Waals surface area (Å²) >= 11 is 0. The summed E-state index contributed by atoms with van der Waals surface area (Å²) in [6, 6.07) is 11.3. The third kappa shape index (κ3) is 4.92. The molecule has 0 spiro atoms. The lowest BCUT2D eigenvalue weighted by molar-refractivity contribution is -0.134. The van der Waals surface area contributed by atoms with E-state index in [0.29, 0.717) is 25.9 Å². The Hall–Kier alpha value is -3.48. The van der Waals surface area contributed by atoms with Gasteiger partial charge in [0.1, 0.15) is 5.76 Å². The molecule has 0 radical (unpaired) electrons. The van der Waals surface area contributed by atoms with Gasteiger partial charge in [-0.3, -0.25) is 19.6 Å². The number of amides is 2. The van der Waals surface area contributed by atoms with Crippen molar-refractivity contribution in [2.75, 3.05) is 18.4 Å². The number of benzene rings is 1. The number of nitrogens with one attached hydrogen (secondary N) is 1. The lowest BCUT2D eigenvalue weighted by Crippen LogP contribution is -2.43. The summed E-state index contributed by atoms with van der Waals surface area (Å²) in [4.78, 5) is 35.4. The Morgan fingerprint density at radius 3 is 2.77 bits per heavy atom. The molecule has 0 saturated carbocycles. The van der Waals surface area contributed by atoms with Crippen LogP contribution in [0, 0.1) is 5.92 Å². The van der Waals surface area contributed by atoms with Crippen LogP contribution < -0.4 is 5.32 Å². The lowest BCUT2D eigenvalue weighted by atomic mass is 9.96. The highest BCUT2D eigenvalue weighted by Gasteiger charge is 2.28. The Morgan fingerprint density at radius 1 is 1.17 bits per heavy atom. The third-order valence-corrected chi connectivity index (χ3v) is 5.31. The van der Waals surface area contributed by atoms with E-state index in [1.165, 1.54) is 0 Å². The molecule has 2 amide bonds. The first kappa shape index (κ1) is 19.8. The molecular formula is C23H24N4O3. The van der Waals surface area contributed by atoms with Gasteiger partial charge in [0.05, 0.1) is 17.9 Å². The maximum absolute atomic E-state index is 12.7. The molecule has 1 aliphatic rings. The minimum Gasteiger partial charge on any atom is -0.464 e. The molecule has 1 aromatic carbocycles. The molecule has 7 nitrogen and oxygen atoms in total. The lowest BCUT2D eigenvalue weighted by Gasteiger charge is -2.32. The molecule has 1 atom stereocenters. The monoisotopic (exact) mass is 404 g/mol. The summed E-state index contributed by atoms with van der Waals surface area (Å²) in [6.45, 7) is 1.15. The van der Waals surface area contributed by atoms with Crippen molar-refractivity contribution in [3.63, 3.8) is 0 Å². The number of hydrogen-bond acceptors (Lipinski definition) is 5. The quantitative estimate of drug-likeness (QED) is 0.679. The van der Waals surface area contributed by atoms with Gasteiger partial charge in [0.25, 0.3) is 0 Å². The molecule has 2 aromatic heterocycles. The van der Waals surface area contributed by atoms with Crippen molar-refractivity contribution in [3.05, 3.63) is 66.9 Å². The van der Waals surface area contributed by atoms with Gasteiger partial charge in [-0.2, -0.15) is 0 Å². The van der Waals surface area contributed by atoms with Crippen molar-refractivity contribution < 1.29 is 14.0 Å². The fourth-order valence-corrected chi connectivity index (χ4v) is 3.67. The van der Waals surface area contributed by atoms with Gasteiger partial charge in [0, 0.05) is 49.4 Å². The van der Waals surface area contributed by atoms with Gasteiger partial charge in [0.2, 0.25) is 11.8 Å². The number of nitrogens with zero attached hydrogens (tertiary/aromatic N) is 3. The highest BCUT2D eigenvalue weighted by Crippen LogP contribution is 2.23. The van der Waals surface area contributed by atoms with Crippen LogP contribution in [-0.2, 0) is 16.0 Å². The molecule has 1 aliphatic heterocycles. The summed E-state index contributed by atoms with van der Waals surface area (Å²) in [5.41, 5.74) is 2.49. The Kier molecular flexibility index (Phi) is 6.17. The van der Waals surface area contributed by atoms with Gasteiger partial charge in [-0.25, -0.2) is 0 Å². The molecule has 7 heteroatoms. The van der Waals surface area contributed by atoms with E-state index in [0.717, 1.165) is 35.5 Å². The van der Waals surface area contributed by atoms with E-state index < -0.39 is 0 Å². The number of piperidine rings is 1. The van der Waals surface area contributed by atoms with Gasteiger partial charge in [-0.1, -0.05) is 0 Å². The summed E-state index contributed by atoms with van der Waals surface area (Å²) in [5.74, 6) is 0.591. The standard InChI is InChI=1S/C23H24N4O3/c28-22(10-9-20-15-24-11-12-25-20)27-13-1-3-18(16-27)23(29)26-19-7-5-17(6-8-19)21-4-2-14-30-21/h2,4-8,11-12,14-15,18H,1,3,9-10,13,16H2,(H,26,29). The Bertz CT molecular complexity index is 971. The zero-order chi connectivity index (χ0) is 20.8. The van der Waals surface area contributed by atoms with Crippen molar-refractivity contribution in [2.45, 2.75) is 25.7 Å². The molecule has 1 N–H and O–H groups in total. The predicted molar refractivity (Wildman–Crippen MR) is 112 cm³/mol. The molecule has 30 heavy (non-hydrogen) atoms. The largest absolute Gasteiger partial charge is 0.464 e. The summed E-state index contributed by atoms with van der Waals surface area (Å²) in [6.07, 6.45) is 9.09. The van der Waals surface area contributed by atoms with E-state index in [9.17, 15) is 9.59 Å². The van der Waals surface area contributed by atoms with Crippen molar-refractivity contribution in [1.29, 1.82) is 0 Å². The average molecular weight is 404 g/mol. The SMILES string of the molecule is O=C(Nc1ccc(-c2ccco2)cc1)C1CCCN(C(=O)CCc2cnccn2)C1. The first-order valence-electron chi connectivity index (χ1n) is 10.2. The average Bonchev–Trinajstić information content (AvgIpc) is 3.34. The van der Waals surface area contributed by atoms with E-state index in [-0.39, 0.29) is 17.7 Å². The highest BCUT2D eigenvalue weighted by atomic mass is 16.3. The number of aryl methyl sites for hydroxylation is 1. The van der Waals surface area contributed by atoms with E-state index in [1.807, 2.05) is 36.4 Å². The maximum atomic E-state index is 12.7. The predicted octanol–water partition coefficient (Wildman–Crippen LogP) is 3.55. The maximum Gasteiger partial charge on any atom is 0.229 e. The van der Waals surface area contributed by atoms with Crippen LogP contribution in [0.4, 0.5) is 5.69 Å². The van der Waals surface area contributed by atoms with Gasteiger partial charge in [-0.15, -0.1) is 0 Å². The van der Waals surface area contributed by atoms with Gasteiger partial charge in [0.15, 0.2) is 0 Å². The second kappa shape index (κ2) is 9.35. The number of rotatable bonds is 6. The van der Waals surface area contributed by atoms with E-state index in [1.54, 1.807) is 29.8 Å². The van der Waals surface area contributed by atoms with Gasteiger partial charge in [-0.05, 0) is 55.7 Å². The normalized spacial score (nSPS) is 16.3. The Labute approximate surface area is 175 Å². The molecular weight excluding hydrogens is 380 g/mol. The number of aromatic nitrogens is 2. The molecule has 0 aliphatic carbocycles. The fraction of sp³-hybridized carbons (Fsp3) is 0.304. The first-order valence-corrected chi connectivity index (χ1v) is 10.2. The molecule has 4 rings (SSSR count). The van der Waals surface area contributed by atoms with Crippen LogP contribution in [-0.4, -0.2) is 39.8 Å². The van der Waals surface area contributed by atoms with Crippen molar-refractivity contribution >= 4 is 17.5 Å². The van der Waals surface area contributed by atoms with E-state index >= 15 is 0 Å². The van der Waals surface area contributed by atoms with E-state index in [2.05, 4.69) is 15.3 Å². The molecule has 1 saturated heterocycles. The van der Waals surface area contributed by atoms with Crippen LogP contribution in [0.25, 0.3) is 11.3 Å². The minimum absolute atomic E-state index is 0.0489. The molecule has 3 heterocycles. The number of likely N-dealkylation sites (tertiary alicyclic amines) is 1. The zero-order valence-electron chi connectivity index (χ0n) is 16.7. The second-order valence-electron chi connectivity index (χ2n) is 7.42. The van der Waals surface area contributed by atoms with Crippen molar-refractivity contribution in [2.24, 2.45) is 5.92 Å². The molecule has 1 unspecified atom stereocenters. The van der Waals surface area contributed by atoms with Crippen LogP contribution in [0.2, 0.25) is 0 Å². The van der Waals surface area contributed by atoms with Crippen LogP contribution in [0.5, 0.6) is 0 Å². The first-order chi connectivity index (χ1) is 14.7. The summed E-state index contributed by atoms with van der Waals surface area (Å²) < 4.78 is 5.39.